The number of hydrazone groups is 1. The van der Waals surface area contributed by atoms with Crippen LogP contribution < -0.4 is 0 Å². The van der Waals surface area contributed by atoms with E-state index in [9.17, 15) is 9.18 Å². The van der Waals surface area contributed by atoms with E-state index in [0.717, 1.165) is 11.1 Å². The highest BCUT2D eigenvalue weighted by atomic mass is 35.5. The zero-order chi connectivity index (χ0) is 22.4. The molecule has 1 N–H and O–H groups in total. The highest BCUT2D eigenvalue weighted by molar-refractivity contribution is 8.27. The Kier molecular flexibility index (Phi) is 5.03. The van der Waals surface area contributed by atoms with Crippen LogP contribution in [0.2, 0.25) is 5.02 Å². The van der Waals surface area contributed by atoms with E-state index in [1.807, 2.05) is 31.2 Å². The van der Waals surface area contributed by atoms with Crippen LogP contribution in [0.25, 0.3) is 17.4 Å². The Hall–Kier alpha value is -3.49. The molecule has 0 saturated heterocycles. The topological polar surface area (TPSA) is 82.0 Å². The molecule has 6 nitrogen and oxygen atoms in total. The lowest BCUT2D eigenvalue weighted by atomic mass is 10.1. The summed E-state index contributed by atoms with van der Waals surface area (Å²) in [7, 11) is 0. The van der Waals surface area contributed by atoms with Gasteiger partial charge in [0.15, 0.2) is 5.84 Å². The first-order valence-electron chi connectivity index (χ1n) is 9.52. The van der Waals surface area contributed by atoms with Crippen LogP contribution in [0.5, 0.6) is 0 Å². The SMILES string of the molecule is Cc1ccccc1C1=NN2C(=N)/C(=C/c3ccc(-c4ccc(F)c(Cl)c4)o3)C(=O)N=C2S1. The third kappa shape index (κ3) is 3.57. The molecule has 32 heavy (non-hydrogen) atoms. The number of hydrogen-bond acceptors (Lipinski definition) is 5. The first kappa shape index (κ1) is 20.4. The maximum absolute atomic E-state index is 13.4. The maximum Gasteiger partial charge on any atom is 0.283 e. The Labute approximate surface area is 191 Å². The Morgan fingerprint density at radius 1 is 1.19 bits per heavy atom. The number of aryl methyl sites for hydroxylation is 1. The summed E-state index contributed by atoms with van der Waals surface area (Å²) in [5.74, 6) is -0.346. The Morgan fingerprint density at radius 3 is 2.78 bits per heavy atom. The third-order valence-electron chi connectivity index (χ3n) is 4.95. The second-order valence-corrected chi connectivity index (χ2v) is 8.43. The maximum atomic E-state index is 13.4. The summed E-state index contributed by atoms with van der Waals surface area (Å²) in [4.78, 5) is 16.7. The molecule has 1 aromatic heterocycles. The predicted molar refractivity (Wildman–Crippen MR) is 124 cm³/mol. The number of rotatable bonds is 3. The van der Waals surface area contributed by atoms with Crippen molar-refractivity contribution in [2.24, 2.45) is 10.1 Å². The summed E-state index contributed by atoms with van der Waals surface area (Å²) in [6.45, 7) is 1.97. The number of nitrogens with zero attached hydrogens (tertiary/aromatic N) is 3. The minimum atomic E-state index is -0.544. The van der Waals surface area contributed by atoms with Gasteiger partial charge in [0.2, 0.25) is 5.17 Å². The molecule has 0 spiro atoms. The van der Waals surface area contributed by atoms with Gasteiger partial charge in [-0.25, -0.2) is 4.39 Å². The summed E-state index contributed by atoms with van der Waals surface area (Å²) in [6.07, 6.45) is 1.45. The number of amides is 1. The quantitative estimate of drug-likeness (QED) is 0.503. The fourth-order valence-electron chi connectivity index (χ4n) is 3.29. The lowest BCUT2D eigenvalue weighted by Crippen LogP contribution is -2.35. The van der Waals surface area contributed by atoms with Crippen molar-refractivity contribution in [1.82, 2.24) is 5.01 Å². The molecule has 1 amide bonds. The fraction of sp³-hybridized carbons (Fsp3) is 0.0435. The van der Waals surface area contributed by atoms with Crippen molar-refractivity contribution in [2.45, 2.75) is 6.92 Å². The van der Waals surface area contributed by atoms with E-state index in [2.05, 4.69) is 10.1 Å². The summed E-state index contributed by atoms with van der Waals surface area (Å²) >= 11 is 7.10. The zero-order valence-corrected chi connectivity index (χ0v) is 18.2. The highest BCUT2D eigenvalue weighted by Crippen LogP contribution is 2.32. The molecular formula is C23H14ClFN4O2S. The van der Waals surface area contributed by atoms with Gasteiger partial charge in [-0.2, -0.15) is 15.1 Å². The summed E-state index contributed by atoms with van der Waals surface area (Å²) in [5, 5.41) is 15.4. The number of carbonyl (C=O) groups excluding carboxylic acids is 1. The van der Waals surface area contributed by atoms with Crippen LogP contribution in [-0.4, -0.2) is 27.0 Å². The van der Waals surface area contributed by atoms with Crippen molar-refractivity contribution in [2.75, 3.05) is 0 Å². The van der Waals surface area contributed by atoms with Gasteiger partial charge >= 0.3 is 0 Å². The molecule has 0 fully saturated rings. The number of carbonyl (C=O) groups is 1. The number of fused-ring (bicyclic) bond motifs is 1. The number of amidine groups is 2. The van der Waals surface area contributed by atoms with Crippen molar-refractivity contribution in [3.8, 4) is 11.3 Å². The van der Waals surface area contributed by atoms with E-state index < -0.39 is 11.7 Å². The number of aliphatic imine (C=N–C) groups is 1. The van der Waals surface area contributed by atoms with Crippen LogP contribution in [0.4, 0.5) is 4.39 Å². The van der Waals surface area contributed by atoms with E-state index in [0.29, 0.717) is 27.3 Å². The molecule has 3 aromatic rings. The molecule has 0 saturated carbocycles. The number of benzene rings is 2. The largest absolute Gasteiger partial charge is 0.457 e. The van der Waals surface area contributed by atoms with E-state index in [4.69, 9.17) is 21.4 Å². The molecule has 2 aliphatic rings. The summed E-state index contributed by atoms with van der Waals surface area (Å²) in [5.41, 5.74) is 2.61. The molecule has 5 rings (SSSR count). The van der Waals surface area contributed by atoms with Gasteiger partial charge in [-0.3, -0.25) is 10.2 Å². The van der Waals surface area contributed by atoms with Crippen LogP contribution in [0.1, 0.15) is 16.9 Å². The molecule has 0 radical (unpaired) electrons. The van der Waals surface area contributed by atoms with Crippen LogP contribution in [0.15, 0.2) is 74.7 Å². The highest BCUT2D eigenvalue weighted by Gasteiger charge is 2.36. The number of nitrogens with one attached hydrogen (secondary N) is 1. The molecule has 2 aromatic carbocycles. The van der Waals surface area contributed by atoms with Gasteiger partial charge in [0, 0.05) is 11.1 Å². The summed E-state index contributed by atoms with van der Waals surface area (Å²) in [6, 6.07) is 15.4. The lowest BCUT2D eigenvalue weighted by molar-refractivity contribution is -0.114. The van der Waals surface area contributed by atoms with Crippen LogP contribution in [0, 0.1) is 18.2 Å². The second-order valence-electron chi connectivity index (χ2n) is 7.07. The second kappa shape index (κ2) is 7.89. The van der Waals surface area contributed by atoms with Gasteiger partial charge in [0.1, 0.15) is 22.4 Å². The van der Waals surface area contributed by atoms with Gasteiger partial charge < -0.3 is 4.42 Å². The number of furan rings is 1. The van der Waals surface area contributed by atoms with E-state index in [-0.39, 0.29) is 16.4 Å². The molecule has 0 bridgehead atoms. The first-order valence-corrected chi connectivity index (χ1v) is 10.7. The molecule has 0 unspecified atom stereocenters. The normalized spacial score (nSPS) is 17.0. The number of hydrogen-bond donors (Lipinski definition) is 1. The smallest absolute Gasteiger partial charge is 0.283 e. The first-order chi connectivity index (χ1) is 15.4. The number of halogens is 2. The zero-order valence-electron chi connectivity index (χ0n) is 16.6. The summed E-state index contributed by atoms with van der Waals surface area (Å²) < 4.78 is 19.2. The van der Waals surface area contributed by atoms with Gasteiger partial charge in [-0.05, 0) is 60.7 Å². The average molecular weight is 465 g/mol. The lowest BCUT2D eigenvalue weighted by Gasteiger charge is -2.19. The Bertz CT molecular complexity index is 1390. The van der Waals surface area contributed by atoms with Crippen molar-refractivity contribution in [1.29, 1.82) is 5.41 Å². The molecule has 2 aliphatic heterocycles. The molecule has 0 atom stereocenters. The molecule has 3 heterocycles. The monoisotopic (exact) mass is 464 g/mol. The third-order valence-corrected chi connectivity index (χ3v) is 6.18. The Morgan fingerprint density at radius 2 is 2.00 bits per heavy atom. The fourth-order valence-corrected chi connectivity index (χ4v) is 4.45. The minimum Gasteiger partial charge on any atom is -0.457 e. The van der Waals surface area contributed by atoms with Crippen LogP contribution in [-0.2, 0) is 4.79 Å². The van der Waals surface area contributed by atoms with Gasteiger partial charge in [-0.15, -0.1) is 0 Å². The number of thioether (sulfide) groups is 1. The van der Waals surface area contributed by atoms with Gasteiger partial charge in [-0.1, -0.05) is 35.9 Å². The van der Waals surface area contributed by atoms with Crippen molar-refractivity contribution < 1.29 is 13.6 Å². The molecular weight excluding hydrogens is 451 g/mol. The van der Waals surface area contributed by atoms with E-state index in [1.54, 1.807) is 18.2 Å². The Balaban J connectivity index is 1.45. The minimum absolute atomic E-state index is 0.0150. The van der Waals surface area contributed by atoms with Crippen LogP contribution >= 0.6 is 23.4 Å². The van der Waals surface area contributed by atoms with Crippen molar-refractivity contribution >= 4 is 51.4 Å². The standard InChI is InChI=1S/C23H14ClFN4O2S/c1-12-4-2-3-5-15(12)22-28-29-20(26)16(21(30)27-23(29)32-22)11-14-7-9-19(31-14)13-6-8-18(25)17(24)10-13/h2-11,26H,1H3/b16-11-,26-20?. The molecule has 158 valence electrons. The molecule has 9 heteroatoms. The van der Waals surface area contributed by atoms with Crippen molar-refractivity contribution in [3.05, 3.63) is 87.9 Å². The van der Waals surface area contributed by atoms with E-state index in [1.165, 1.54) is 35.0 Å². The van der Waals surface area contributed by atoms with Crippen LogP contribution in [0.3, 0.4) is 0 Å². The van der Waals surface area contributed by atoms with Crippen molar-refractivity contribution in [3.63, 3.8) is 0 Å². The molecule has 0 aliphatic carbocycles. The van der Waals surface area contributed by atoms with Gasteiger partial charge in [0.05, 0.1) is 10.6 Å². The van der Waals surface area contributed by atoms with Gasteiger partial charge in [0.25, 0.3) is 5.91 Å². The average Bonchev–Trinajstić information content (AvgIpc) is 3.41. The van der Waals surface area contributed by atoms with E-state index >= 15 is 0 Å². The predicted octanol–water partition coefficient (Wildman–Crippen LogP) is 5.71.